The summed E-state index contributed by atoms with van der Waals surface area (Å²) in [7, 11) is 1.74. The third kappa shape index (κ3) is 5.92. The SMILES string of the molecule is CN1C(=O)/C(=C/c2ccccc2OCc2ccc(C(=O)O)cc2)SC1=Nc1ccc(N2CCCCC2)cc1. The molecule has 0 aromatic heterocycles. The number of para-hydroxylation sites is 1. The van der Waals surface area contributed by atoms with Crippen molar-refractivity contribution in [2.75, 3.05) is 25.0 Å². The number of anilines is 1. The Balaban J connectivity index is 1.29. The number of carboxylic acids is 1. The largest absolute Gasteiger partial charge is 0.488 e. The Labute approximate surface area is 226 Å². The standard InChI is InChI=1S/C30H29N3O4S/c1-32-28(34)27(38-30(32)31-24-13-15-25(16-14-24)33-17-5-2-6-18-33)19-23-7-3-4-8-26(23)37-20-21-9-11-22(12-10-21)29(35)36/h3-4,7-16,19H,2,5-6,17-18,20H2,1H3,(H,35,36)/b27-19-,31-30?. The number of likely N-dealkylation sites (N-methyl/N-ethyl adjacent to an activating group) is 1. The van der Waals surface area contributed by atoms with E-state index in [1.165, 1.54) is 36.7 Å². The molecule has 0 unspecified atom stereocenters. The van der Waals surface area contributed by atoms with Crippen LogP contribution in [0.2, 0.25) is 0 Å². The molecule has 194 valence electrons. The Morgan fingerprint density at radius 3 is 2.42 bits per heavy atom. The van der Waals surface area contributed by atoms with Crippen LogP contribution < -0.4 is 9.64 Å². The van der Waals surface area contributed by atoms with E-state index in [9.17, 15) is 9.59 Å². The third-order valence-electron chi connectivity index (χ3n) is 6.60. The predicted octanol–water partition coefficient (Wildman–Crippen LogP) is 6.19. The number of hydrogen-bond acceptors (Lipinski definition) is 6. The Morgan fingerprint density at radius 1 is 1.00 bits per heavy atom. The molecule has 7 nitrogen and oxygen atoms in total. The van der Waals surface area contributed by atoms with E-state index in [2.05, 4.69) is 17.0 Å². The molecule has 0 radical (unpaired) electrons. The fourth-order valence-electron chi connectivity index (χ4n) is 4.43. The molecule has 0 bridgehead atoms. The average molecular weight is 528 g/mol. The molecule has 2 fully saturated rings. The van der Waals surface area contributed by atoms with Crippen LogP contribution in [0.5, 0.6) is 5.75 Å². The maximum atomic E-state index is 13.0. The number of hydrogen-bond donors (Lipinski definition) is 1. The molecule has 2 aliphatic heterocycles. The number of thioether (sulfide) groups is 1. The average Bonchev–Trinajstić information content (AvgIpc) is 3.21. The van der Waals surface area contributed by atoms with Crippen molar-refractivity contribution in [2.24, 2.45) is 4.99 Å². The number of benzene rings is 3. The van der Waals surface area contributed by atoms with E-state index in [0.29, 0.717) is 15.8 Å². The number of carbonyl (C=O) groups excluding carboxylic acids is 1. The molecule has 0 atom stereocenters. The molecule has 1 amide bonds. The summed E-state index contributed by atoms with van der Waals surface area (Å²) >= 11 is 1.34. The van der Waals surface area contributed by atoms with Crippen molar-refractivity contribution < 1.29 is 19.4 Å². The zero-order valence-corrected chi connectivity index (χ0v) is 22.0. The van der Waals surface area contributed by atoms with Gasteiger partial charge in [0, 0.05) is 31.4 Å². The summed E-state index contributed by atoms with van der Waals surface area (Å²) in [5, 5.41) is 9.71. The molecule has 0 saturated carbocycles. The van der Waals surface area contributed by atoms with Gasteiger partial charge in [0.05, 0.1) is 16.2 Å². The summed E-state index contributed by atoms with van der Waals surface area (Å²) < 4.78 is 6.02. The first-order valence-electron chi connectivity index (χ1n) is 12.6. The molecule has 1 N–H and O–H groups in total. The molecule has 2 heterocycles. The molecule has 38 heavy (non-hydrogen) atoms. The lowest BCUT2D eigenvalue weighted by Gasteiger charge is -2.28. The Bertz CT molecular complexity index is 1380. The Hall–Kier alpha value is -4.04. The van der Waals surface area contributed by atoms with Gasteiger partial charge in [-0.1, -0.05) is 30.3 Å². The van der Waals surface area contributed by atoms with Gasteiger partial charge in [0.25, 0.3) is 5.91 Å². The molecule has 0 aliphatic carbocycles. The highest BCUT2D eigenvalue weighted by atomic mass is 32.2. The highest BCUT2D eigenvalue weighted by Crippen LogP contribution is 2.35. The first-order valence-corrected chi connectivity index (χ1v) is 13.4. The summed E-state index contributed by atoms with van der Waals surface area (Å²) in [6.07, 6.45) is 5.59. The number of rotatable bonds is 7. The quantitative estimate of drug-likeness (QED) is 0.369. The molecule has 3 aromatic carbocycles. The maximum absolute atomic E-state index is 13.0. The van der Waals surface area contributed by atoms with Crippen molar-refractivity contribution >= 4 is 46.3 Å². The van der Waals surface area contributed by atoms with Crippen LogP contribution in [-0.4, -0.2) is 47.2 Å². The van der Waals surface area contributed by atoms with Gasteiger partial charge in [-0.2, -0.15) is 0 Å². The number of carbonyl (C=O) groups is 2. The molecule has 8 heteroatoms. The second-order valence-corrected chi connectivity index (χ2v) is 10.3. The number of carboxylic acid groups (broad SMARTS) is 1. The van der Waals surface area contributed by atoms with Crippen LogP contribution in [0.4, 0.5) is 11.4 Å². The highest BCUT2D eigenvalue weighted by molar-refractivity contribution is 8.18. The van der Waals surface area contributed by atoms with Crippen LogP contribution in [0.1, 0.15) is 40.7 Å². The summed E-state index contributed by atoms with van der Waals surface area (Å²) in [6, 6.07) is 22.3. The lowest BCUT2D eigenvalue weighted by molar-refractivity contribution is -0.121. The zero-order valence-electron chi connectivity index (χ0n) is 21.2. The normalized spacial score (nSPS) is 17.9. The second kappa shape index (κ2) is 11.6. The number of amides is 1. The van der Waals surface area contributed by atoms with Crippen molar-refractivity contribution in [2.45, 2.75) is 25.9 Å². The minimum atomic E-state index is -0.962. The van der Waals surface area contributed by atoms with E-state index in [4.69, 9.17) is 14.8 Å². The van der Waals surface area contributed by atoms with Gasteiger partial charge in [-0.15, -0.1) is 0 Å². The van der Waals surface area contributed by atoms with Crippen LogP contribution in [0.25, 0.3) is 6.08 Å². The van der Waals surface area contributed by atoms with Crippen LogP contribution in [0.15, 0.2) is 82.7 Å². The minimum absolute atomic E-state index is 0.113. The Morgan fingerprint density at radius 2 is 1.71 bits per heavy atom. The van der Waals surface area contributed by atoms with Gasteiger partial charge < -0.3 is 14.7 Å². The van der Waals surface area contributed by atoms with Crippen LogP contribution in [0, 0.1) is 0 Å². The minimum Gasteiger partial charge on any atom is -0.488 e. The lowest BCUT2D eigenvalue weighted by Crippen LogP contribution is -2.29. The maximum Gasteiger partial charge on any atom is 0.335 e. The van der Waals surface area contributed by atoms with E-state index < -0.39 is 5.97 Å². The van der Waals surface area contributed by atoms with Crippen molar-refractivity contribution in [3.63, 3.8) is 0 Å². The van der Waals surface area contributed by atoms with Crippen molar-refractivity contribution in [3.05, 3.63) is 94.4 Å². The molecule has 3 aromatic rings. The number of piperidine rings is 1. The third-order valence-corrected chi connectivity index (χ3v) is 7.66. The highest BCUT2D eigenvalue weighted by Gasteiger charge is 2.30. The van der Waals surface area contributed by atoms with Crippen LogP contribution in [-0.2, 0) is 11.4 Å². The second-order valence-electron chi connectivity index (χ2n) is 9.26. The summed E-state index contributed by atoms with van der Waals surface area (Å²) in [5.74, 6) is -0.440. The number of aliphatic imine (C=N–C) groups is 1. The van der Waals surface area contributed by atoms with Gasteiger partial charge >= 0.3 is 5.97 Å². The monoisotopic (exact) mass is 527 g/mol. The summed E-state index contributed by atoms with van der Waals surface area (Å²) in [5.41, 5.74) is 3.89. The molecule has 2 saturated heterocycles. The van der Waals surface area contributed by atoms with Crippen LogP contribution >= 0.6 is 11.8 Å². The first kappa shape index (κ1) is 25.6. The van der Waals surface area contributed by atoms with Crippen LogP contribution in [0.3, 0.4) is 0 Å². The summed E-state index contributed by atoms with van der Waals surface area (Å²) in [6.45, 7) is 2.47. The predicted molar refractivity (Wildman–Crippen MR) is 152 cm³/mol. The summed E-state index contributed by atoms with van der Waals surface area (Å²) in [4.78, 5) is 33.4. The molecule has 2 aliphatic rings. The van der Waals surface area contributed by atoms with E-state index >= 15 is 0 Å². The van der Waals surface area contributed by atoms with Crippen molar-refractivity contribution in [1.82, 2.24) is 4.90 Å². The number of amidine groups is 1. The Kier molecular flexibility index (Phi) is 7.79. The molecular formula is C30H29N3O4S. The van der Waals surface area contributed by atoms with Gasteiger partial charge in [0.2, 0.25) is 0 Å². The number of aromatic carboxylic acids is 1. The van der Waals surface area contributed by atoms with E-state index in [-0.39, 0.29) is 18.1 Å². The lowest BCUT2D eigenvalue weighted by atomic mass is 10.1. The van der Waals surface area contributed by atoms with Gasteiger partial charge in [0.15, 0.2) is 5.17 Å². The fraction of sp³-hybridized carbons (Fsp3) is 0.233. The van der Waals surface area contributed by atoms with Crippen molar-refractivity contribution in [3.8, 4) is 5.75 Å². The first-order chi connectivity index (χ1) is 18.5. The molecule has 5 rings (SSSR count). The van der Waals surface area contributed by atoms with E-state index in [1.54, 1.807) is 36.2 Å². The van der Waals surface area contributed by atoms with Gasteiger partial charge in [-0.25, -0.2) is 9.79 Å². The van der Waals surface area contributed by atoms with E-state index in [1.807, 2.05) is 42.5 Å². The molecule has 0 spiro atoms. The van der Waals surface area contributed by atoms with E-state index in [0.717, 1.165) is 29.9 Å². The van der Waals surface area contributed by atoms with Gasteiger partial charge in [-0.3, -0.25) is 9.69 Å². The van der Waals surface area contributed by atoms with Gasteiger partial charge in [-0.05, 0) is 85.1 Å². The number of nitrogens with zero attached hydrogens (tertiary/aromatic N) is 3. The zero-order chi connectivity index (χ0) is 26.5. The fourth-order valence-corrected chi connectivity index (χ4v) is 5.41. The van der Waals surface area contributed by atoms with Crippen molar-refractivity contribution in [1.29, 1.82) is 0 Å². The number of ether oxygens (including phenoxy) is 1. The van der Waals surface area contributed by atoms with Gasteiger partial charge in [0.1, 0.15) is 12.4 Å². The smallest absolute Gasteiger partial charge is 0.335 e. The molecular weight excluding hydrogens is 498 g/mol. The topological polar surface area (TPSA) is 82.4 Å².